The fourth-order valence-corrected chi connectivity index (χ4v) is 2.88. The van der Waals surface area contributed by atoms with Gasteiger partial charge in [0.05, 0.1) is 16.8 Å². The summed E-state index contributed by atoms with van der Waals surface area (Å²) in [6.45, 7) is 1.87. The molecule has 4 aromatic rings. The lowest BCUT2D eigenvalue weighted by Crippen LogP contribution is -2.08. The maximum Gasteiger partial charge on any atom is 0.263 e. The number of fused-ring (bicyclic) bond motifs is 1. The number of hydrogen-bond donors (Lipinski definition) is 0. The van der Waals surface area contributed by atoms with Gasteiger partial charge in [0.2, 0.25) is 5.88 Å². The van der Waals surface area contributed by atoms with Gasteiger partial charge in [0.25, 0.3) is 6.43 Å². The molecule has 7 nitrogen and oxygen atoms in total. The van der Waals surface area contributed by atoms with E-state index in [2.05, 4.69) is 25.5 Å². The molecule has 0 unspecified atom stereocenters. The van der Waals surface area contributed by atoms with Gasteiger partial charge in [-0.25, -0.2) is 13.5 Å². The van der Waals surface area contributed by atoms with Crippen molar-refractivity contribution in [1.82, 2.24) is 30.2 Å². The standard InChI is InChI=1S/C18H13ClF2N6O/c1-10-14(27(26-23-10)12-6-4-11(5-7-12)17(20)21)9-28-18-13-3-2-8-22-15(13)16(19)24-25-18/h2-8,17H,9H2,1H3. The second-order valence-corrected chi connectivity index (χ2v) is 6.27. The van der Waals surface area contributed by atoms with E-state index in [4.69, 9.17) is 16.3 Å². The Labute approximate surface area is 162 Å². The lowest BCUT2D eigenvalue weighted by molar-refractivity contribution is 0.151. The molecule has 0 saturated heterocycles. The minimum Gasteiger partial charge on any atom is -0.470 e. The first-order valence-corrected chi connectivity index (χ1v) is 8.61. The molecule has 0 spiro atoms. The second kappa shape index (κ2) is 7.43. The van der Waals surface area contributed by atoms with Gasteiger partial charge in [-0.2, -0.15) is 0 Å². The third-order valence-corrected chi connectivity index (χ3v) is 4.41. The van der Waals surface area contributed by atoms with Crippen LogP contribution >= 0.6 is 11.6 Å². The molecule has 1 aromatic carbocycles. The van der Waals surface area contributed by atoms with Crippen molar-refractivity contribution in [1.29, 1.82) is 0 Å². The summed E-state index contributed by atoms with van der Waals surface area (Å²) in [7, 11) is 0. The van der Waals surface area contributed by atoms with Crippen LogP contribution < -0.4 is 4.74 Å². The number of pyridine rings is 1. The highest BCUT2D eigenvalue weighted by molar-refractivity contribution is 6.33. The van der Waals surface area contributed by atoms with Crippen molar-refractivity contribution in [3.63, 3.8) is 0 Å². The van der Waals surface area contributed by atoms with Gasteiger partial charge < -0.3 is 4.74 Å². The fourth-order valence-electron chi connectivity index (χ4n) is 2.69. The van der Waals surface area contributed by atoms with Crippen LogP contribution in [0.4, 0.5) is 8.78 Å². The van der Waals surface area contributed by atoms with E-state index in [1.165, 1.54) is 16.8 Å². The summed E-state index contributed by atoms with van der Waals surface area (Å²) in [6.07, 6.45) is -0.925. The monoisotopic (exact) mass is 402 g/mol. The van der Waals surface area contributed by atoms with Crippen LogP contribution in [0.1, 0.15) is 23.4 Å². The van der Waals surface area contributed by atoms with Crippen LogP contribution in [-0.2, 0) is 6.61 Å². The number of nitrogens with zero attached hydrogens (tertiary/aromatic N) is 6. The molecule has 0 aliphatic heterocycles. The Morgan fingerprint density at radius 2 is 1.89 bits per heavy atom. The molecule has 3 heterocycles. The van der Waals surface area contributed by atoms with E-state index in [1.54, 1.807) is 37.4 Å². The number of alkyl halides is 2. The summed E-state index contributed by atoms with van der Waals surface area (Å²) < 4.78 is 32.9. The molecule has 0 aliphatic rings. The average Bonchev–Trinajstić information content (AvgIpc) is 3.08. The smallest absolute Gasteiger partial charge is 0.263 e. The Hall–Kier alpha value is -3.20. The molecular weight excluding hydrogens is 390 g/mol. The zero-order chi connectivity index (χ0) is 19.7. The largest absolute Gasteiger partial charge is 0.470 e. The number of halogens is 3. The summed E-state index contributed by atoms with van der Waals surface area (Å²) in [5, 5.41) is 16.8. The summed E-state index contributed by atoms with van der Waals surface area (Å²) in [6, 6.07) is 9.34. The Balaban J connectivity index is 1.63. The van der Waals surface area contributed by atoms with Crippen molar-refractivity contribution >= 4 is 22.5 Å². The van der Waals surface area contributed by atoms with E-state index in [-0.39, 0.29) is 23.2 Å². The zero-order valence-electron chi connectivity index (χ0n) is 14.6. The number of aromatic nitrogens is 6. The van der Waals surface area contributed by atoms with Crippen LogP contribution in [0.3, 0.4) is 0 Å². The Morgan fingerprint density at radius 3 is 2.64 bits per heavy atom. The SMILES string of the molecule is Cc1nnn(-c2ccc(C(F)F)cc2)c1COc1nnc(Cl)c2ncccc12. The van der Waals surface area contributed by atoms with E-state index in [0.717, 1.165) is 0 Å². The van der Waals surface area contributed by atoms with E-state index in [0.29, 0.717) is 28.0 Å². The summed E-state index contributed by atoms with van der Waals surface area (Å²) in [5.41, 5.74) is 2.31. The number of aryl methyl sites for hydroxylation is 1. The molecule has 4 rings (SSSR count). The molecule has 0 N–H and O–H groups in total. The van der Waals surface area contributed by atoms with E-state index in [1.807, 2.05) is 0 Å². The first-order valence-electron chi connectivity index (χ1n) is 8.24. The van der Waals surface area contributed by atoms with E-state index in [9.17, 15) is 8.78 Å². The third kappa shape index (κ3) is 3.36. The average molecular weight is 403 g/mol. The van der Waals surface area contributed by atoms with Crippen molar-refractivity contribution in [2.75, 3.05) is 0 Å². The van der Waals surface area contributed by atoms with Crippen LogP contribution in [0.25, 0.3) is 16.6 Å². The van der Waals surface area contributed by atoms with Crippen molar-refractivity contribution in [2.45, 2.75) is 20.0 Å². The Morgan fingerprint density at radius 1 is 1.11 bits per heavy atom. The summed E-state index contributed by atoms with van der Waals surface area (Å²) in [5.74, 6) is 0.271. The Bertz CT molecular complexity index is 1130. The highest BCUT2D eigenvalue weighted by atomic mass is 35.5. The molecule has 28 heavy (non-hydrogen) atoms. The van der Waals surface area contributed by atoms with Gasteiger partial charge in [0, 0.05) is 11.8 Å². The molecule has 142 valence electrons. The molecule has 0 amide bonds. The van der Waals surface area contributed by atoms with Crippen molar-refractivity contribution in [3.8, 4) is 11.6 Å². The first-order chi connectivity index (χ1) is 13.5. The molecule has 0 saturated carbocycles. The molecule has 0 aliphatic carbocycles. The predicted molar refractivity (Wildman–Crippen MR) is 97.7 cm³/mol. The lowest BCUT2D eigenvalue weighted by atomic mass is 10.2. The number of ether oxygens (including phenoxy) is 1. The van der Waals surface area contributed by atoms with Crippen molar-refractivity contribution in [2.24, 2.45) is 0 Å². The van der Waals surface area contributed by atoms with Gasteiger partial charge >= 0.3 is 0 Å². The van der Waals surface area contributed by atoms with E-state index < -0.39 is 6.43 Å². The van der Waals surface area contributed by atoms with Crippen LogP contribution in [0.5, 0.6) is 5.88 Å². The molecule has 0 bridgehead atoms. The second-order valence-electron chi connectivity index (χ2n) is 5.91. The van der Waals surface area contributed by atoms with Gasteiger partial charge in [-0.1, -0.05) is 28.9 Å². The zero-order valence-corrected chi connectivity index (χ0v) is 15.3. The normalized spacial score (nSPS) is 11.3. The van der Waals surface area contributed by atoms with Gasteiger partial charge in [-0.3, -0.25) is 4.98 Å². The van der Waals surface area contributed by atoms with Crippen LogP contribution in [0.15, 0.2) is 42.6 Å². The number of rotatable bonds is 5. The molecule has 0 atom stereocenters. The molecule has 3 aromatic heterocycles. The van der Waals surface area contributed by atoms with Crippen LogP contribution in [0.2, 0.25) is 5.15 Å². The highest BCUT2D eigenvalue weighted by Crippen LogP contribution is 2.26. The molecule has 0 fully saturated rings. The Kier molecular flexibility index (Phi) is 4.82. The van der Waals surface area contributed by atoms with Crippen LogP contribution in [0, 0.1) is 6.92 Å². The maximum atomic E-state index is 12.8. The quantitative estimate of drug-likeness (QED) is 0.500. The van der Waals surface area contributed by atoms with E-state index >= 15 is 0 Å². The highest BCUT2D eigenvalue weighted by Gasteiger charge is 2.15. The van der Waals surface area contributed by atoms with Gasteiger partial charge in [-0.05, 0) is 31.2 Å². The number of hydrogen-bond acceptors (Lipinski definition) is 6. The molecular formula is C18H13ClF2N6O. The van der Waals surface area contributed by atoms with Crippen molar-refractivity contribution < 1.29 is 13.5 Å². The molecule has 10 heteroatoms. The van der Waals surface area contributed by atoms with Gasteiger partial charge in [-0.15, -0.1) is 15.3 Å². The van der Waals surface area contributed by atoms with Gasteiger partial charge in [0.15, 0.2) is 5.15 Å². The van der Waals surface area contributed by atoms with Gasteiger partial charge in [0.1, 0.15) is 17.8 Å². The minimum atomic E-state index is -2.53. The third-order valence-electron chi connectivity index (χ3n) is 4.15. The fraction of sp³-hybridized carbons (Fsp3) is 0.167. The van der Waals surface area contributed by atoms with Crippen molar-refractivity contribution in [3.05, 3.63) is 64.7 Å². The summed E-state index contributed by atoms with van der Waals surface area (Å²) in [4.78, 5) is 4.19. The summed E-state index contributed by atoms with van der Waals surface area (Å²) >= 11 is 6.03. The maximum absolute atomic E-state index is 12.8. The minimum absolute atomic E-state index is 0.0613. The predicted octanol–water partition coefficient (Wildman–Crippen LogP) is 4.08. The topological polar surface area (TPSA) is 78.6 Å². The number of benzene rings is 1. The van der Waals surface area contributed by atoms with Crippen LogP contribution in [-0.4, -0.2) is 30.2 Å². The lowest BCUT2D eigenvalue weighted by Gasteiger charge is -2.10. The molecule has 0 radical (unpaired) electrons. The first kappa shape index (κ1) is 18.2.